The number of carbonyl (C=O) groups excluding carboxylic acids is 2. The van der Waals surface area contributed by atoms with Crippen LogP contribution in [0.3, 0.4) is 0 Å². The van der Waals surface area contributed by atoms with Gasteiger partial charge in [-0.05, 0) is 52.0 Å². The predicted octanol–water partition coefficient (Wildman–Crippen LogP) is 2.91. The first kappa shape index (κ1) is 19.4. The van der Waals surface area contributed by atoms with E-state index in [0.717, 1.165) is 24.8 Å². The summed E-state index contributed by atoms with van der Waals surface area (Å²) in [5.74, 6) is -0.0780. The molecule has 4 atom stereocenters. The Morgan fingerprint density at radius 3 is 2.57 bits per heavy atom. The van der Waals surface area contributed by atoms with Gasteiger partial charge in [-0.15, -0.1) is 0 Å². The maximum absolute atomic E-state index is 13.6. The minimum Gasteiger partial charge on any atom is -0.458 e. The number of amides is 1. The van der Waals surface area contributed by atoms with Gasteiger partial charge in [0.25, 0.3) is 0 Å². The first-order valence-electron chi connectivity index (χ1n) is 10.3. The highest BCUT2D eigenvalue weighted by molar-refractivity contribution is 5.89. The second-order valence-corrected chi connectivity index (χ2v) is 9.16. The van der Waals surface area contributed by atoms with Crippen LogP contribution < -0.4 is 0 Å². The number of ether oxygens (including phenoxy) is 1. The lowest BCUT2D eigenvalue weighted by atomic mass is 9.95. The molecule has 1 amide bonds. The number of fused-ring (bicyclic) bond motifs is 2. The maximum Gasteiger partial charge on any atom is 0.329 e. The average Bonchev–Trinajstić information content (AvgIpc) is 3.20. The molecule has 3 saturated heterocycles. The molecule has 3 heterocycles. The predicted molar refractivity (Wildman–Crippen MR) is 104 cm³/mol. The fraction of sp³-hybridized carbons (Fsp3) is 0.636. The van der Waals surface area contributed by atoms with Crippen molar-refractivity contribution in [2.75, 3.05) is 6.61 Å². The highest BCUT2D eigenvalue weighted by Crippen LogP contribution is 2.39. The van der Waals surface area contributed by atoms with Gasteiger partial charge < -0.3 is 9.64 Å². The maximum atomic E-state index is 13.6. The third kappa shape index (κ3) is 3.80. The number of hydrogen-bond acceptors (Lipinski definition) is 5. The van der Waals surface area contributed by atoms with E-state index in [1.807, 2.05) is 61.1 Å². The fourth-order valence-corrected chi connectivity index (χ4v) is 4.73. The first-order chi connectivity index (χ1) is 13.3. The number of esters is 1. The second-order valence-electron chi connectivity index (χ2n) is 9.16. The molecule has 0 aliphatic carbocycles. The first-order valence-corrected chi connectivity index (χ1v) is 10.3. The largest absolute Gasteiger partial charge is 0.458 e. The average molecular weight is 386 g/mol. The molecule has 0 bridgehead atoms. The summed E-state index contributed by atoms with van der Waals surface area (Å²) in [4.78, 5) is 34.1. The SMILES string of the molecule is CC(C)(C)OC(=O)[C@@H]1CC[C@@H]2CC[C@@H]3CON(Cc4ccccc4)[C@@H]3C(=O)N21. The smallest absolute Gasteiger partial charge is 0.329 e. The highest BCUT2D eigenvalue weighted by atomic mass is 16.7. The monoisotopic (exact) mass is 386 g/mol. The molecule has 0 radical (unpaired) electrons. The molecule has 152 valence electrons. The topological polar surface area (TPSA) is 59.1 Å². The molecule has 0 spiro atoms. The van der Waals surface area contributed by atoms with Gasteiger partial charge in [0, 0.05) is 18.5 Å². The molecule has 0 unspecified atom stereocenters. The Hall–Kier alpha value is -1.92. The van der Waals surface area contributed by atoms with Crippen LogP contribution in [0.25, 0.3) is 0 Å². The van der Waals surface area contributed by atoms with Crippen molar-refractivity contribution in [2.24, 2.45) is 5.92 Å². The molecule has 4 rings (SSSR count). The van der Waals surface area contributed by atoms with E-state index in [4.69, 9.17) is 9.57 Å². The Kier molecular flexibility index (Phi) is 5.19. The molecule has 1 aromatic carbocycles. The van der Waals surface area contributed by atoms with Crippen molar-refractivity contribution >= 4 is 11.9 Å². The van der Waals surface area contributed by atoms with Gasteiger partial charge in [-0.25, -0.2) is 4.79 Å². The van der Waals surface area contributed by atoms with Gasteiger partial charge in [0.05, 0.1) is 6.61 Å². The van der Waals surface area contributed by atoms with E-state index in [1.165, 1.54) is 0 Å². The molecule has 3 aliphatic rings. The lowest BCUT2D eigenvalue weighted by Gasteiger charge is -2.33. The molecular formula is C22H30N2O4. The van der Waals surface area contributed by atoms with Crippen molar-refractivity contribution in [3.05, 3.63) is 35.9 Å². The van der Waals surface area contributed by atoms with Gasteiger partial charge in [0.15, 0.2) is 0 Å². The van der Waals surface area contributed by atoms with Crippen LogP contribution in [0.4, 0.5) is 0 Å². The third-order valence-corrected chi connectivity index (χ3v) is 5.95. The minimum absolute atomic E-state index is 0.0225. The quantitative estimate of drug-likeness (QED) is 0.748. The highest BCUT2D eigenvalue weighted by Gasteiger charge is 2.52. The Morgan fingerprint density at radius 2 is 1.86 bits per heavy atom. The van der Waals surface area contributed by atoms with Crippen molar-refractivity contribution in [2.45, 2.75) is 76.7 Å². The molecule has 6 nitrogen and oxygen atoms in total. The van der Waals surface area contributed by atoms with Gasteiger partial charge in [-0.1, -0.05) is 30.3 Å². The van der Waals surface area contributed by atoms with Crippen LogP contribution in [0.15, 0.2) is 30.3 Å². The van der Waals surface area contributed by atoms with Crippen LogP contribution in [0.5, 0.6) is 0 Å². The molecule has 3 fully saturated rings. The van der Waals surface area contributed by atoms with E-state index in [0.29, 0.717) is 19.6 Å². The zero-order valence-corrected chi connectivity index (χ0v) is 17.0. The fourth-order valence-electron chi connectivity index (χ4n) is 4.73. The van der Waals surface area contributed by atoms with E-state index in [1.54, 1.807) is 0 Å². The van der Waals surface area contributed by atoms with Crippen LogP contribution in [0.1, 0.15) is 52.0 Å². The van der Waals surface area contributed by atoms with Crippen molar-refractivity contribution in [1.82, 2.24) is 9.96 Å². The lowest BCUT2D eigenvalue weighted by molar-refractivity contribution is -0.173. The number of nitrogens with zero attached hydrogens (tertiary/aromatic N) is 2. The van der Waals surface area contributed by atoms with E-state index < -0.39 is 11.6 Å². The van der Waals surface area contributed by atoms with Crippen molar-refractivity contribution in [3.8, 4) is 0 Å². The Morgan fingerprint density at radius 1 is 1.14 bits per heavy atom. The zero-order chi connectivity index (χ0) is 19.9. The number of carbonyl (C=O) groups is 2. The number of hydroxylamine groups is 2. The number of benzene rings is 1. The number of hydrogen-bond donors (Lipinski definition) is 0. The Labute approximate surface area is 166 Å². The van der Waals surface area contributed by atoms with E-state index in [-0.39, 0.29) is 29.9 Å². The standard InChI is InChI=1S/C22H30N2O4/c1-22(2,3)28-21(26)18-12-11-17-10-9-16-14-27-23(19(16)20(25)24(17)18)13-15-7-5-4-6-8-15/h4-8,16-19H,9-14H2,1-3H3/t16-,17+,18+,19+/m1/s1. The summed E-state index contributed by atoms with van der Waals surface area (Å²) in [6, 6.07) is 9.38. The van der Waals surface area contributed by atoms with Crippen molar-refractivity contribution < 1.29 is 19.2 Å². The van der Waals surface area contributed by atoms with Gasteiger partial charge in [-0.3, -0.25) is 9.63 Å². The normalized spacial score (nSPS) is 30.7. The molecular weight excluding hydrogens is 356 g/mol. The van der Waals surface area contributed by atoms with E-state index >= 15 is 0 Å². The van der Waals surface area contributed by atoms with Gasteiger partial charge >= 0.3 is 5.97 Å². The van der Waals surface area contributed by atoms with Gasteiger partial charge in [-0.2, -0.15) is 5.06 Å². The molecule has 6 heteroatoms. The van der Waals surface area contributed by atoms with Crippen LogP contribution in [-0.2, 0) is 25.7 Å². The minimum atomic E-state index is -0.553. The van der Waals surface area contributed by atoms with Crippen molar-refractivity contribution in [1.29, 1.82) is 0 Å². The summed E-state index contributed by atoms with van der Waals surface area (Å²) in [5, 5.41) is 1.83. The van der Waals surface area contributed by atoms with Crippen LogP contribution in [0, 0.1) is 5.92 Å². The summed E-state index contributed by atoms with van der Waals surface area (Å²) in [6.07, 6.45) is 3.43. The third-order valence-electron chi connectivity index (χ3n) is 5.95. The molecule has 28 heavy (non-hydrogen) atoms. The summed E-state index contributed by atoms with van der Waals surface area (Å²) < 4.78 is 5.62. The van der Waals surface area contributed by atoms with E-state index in [9.17, 15) is 9.59 Å². The van der Waals surface area contributed by atoms with Gasteiger partial charge in [0.1, 0.15) is 17.7 Å². The van der Waals surface area contributed by atoms with Crippen molar-refractivity contribution in [3.63, 3.8) is 0 Å². The summed E-state index contributed by atoms with van der Waals surface area (Å²) in [5.41, 5.74) is 0.560. The molecule has 0 saturated carbocycles. The van der Waals surface area contributed by atoms with Crippen LogP contribution in [-0.4, -0.2) is 52.2 Å². The summed E-state index contributed by atoms with van der Waals surface area (Å²) >= 11 is 0. The summed E-state index contributed by atoms with van der Waals surface area (Å²) in [6.45, 7) is 6.74. The Bertz CT molecular complexity index is 730. The van der Waals surface area contributed by atoms with E-state index in [2.05, 4.69) is 0 Å². The number of rotatable bonds is 3. The zero-order valence-electron chi connectivity index (χ0n) is 17.0. The molecule has 3 aliphatic heterocycles. The summed E-state index contributed by atoms with van der Waals surface area (Å²) in [7, 11) is 0. The van der Waals surface area contributed by atoms with Crippen LogP contribution >= 0.6 is 0 Å². The van der Waals surface area contributed by atoms with Gasteiger partial charge in [0.2, 0.25) is 5.91 Å². The second kappa shape index (κ2) is 7.48. The molecule has 0 aromatic heterocycles. The Balaban J connectivity index is 1.55. The molecule has 1 aromatic rings. The lowest BCUT2D eigenvalue weighted by Crippen LogP contribution is -2.52. The van der Waals surface area contributed by atoms with Crippen LogP contribution in [0.2, 0.25) is 0 Å². The molecule has 0 N–H and O–H groups in total.